The van der Waals surface area contributed by atoms with Gasteiger partial charge >= 0.3 is 0 Å². The minimum absolute atomic E-state index is 0.0182. The normalized spacial score (nSPS) is 18.5. The van der Waals surface area contributed by atoms with Crippen molar-refractivity contribution in [3.63, 3.8) is 0 Å². The zero-order chi connectivity index (χ0) is 23.1. The van der Waals surface area contributed by atoms with Crippen molar-refractivity contribution in [2.75, 3.05) is 25.9 Å². The molecule has 1 saturated heterocycles. The maximum atomic E-state index is 13.1. The van der Waals surface area contributed by atoms with Crippen LogP contribution in [0.15, 0.2) is 35.5 Å². The van der Waals surface area contributed by atoms with Gasteiger partial charge in [0.25, 0.3) is 0 Å². The summed E-state index contributed by atoms with van der Waals surface area (Å²) in [5.74, 6) is 1.19. The number of hydrogen-bond acceptors (Lipinski definition) is 6. The summed E-state index contributed by atoms with van der Waals surface area (Å²) < 4.78 is 2.16. The molecule has 0 spiro atoms. The topological polar surface area (TPSA) is 78.1 Å². The van der Waals surface area contributed by atoms with Gasteiger partial charge in [0, 0.05) is 7.05 Å². The minimum Gasteiger partial charge on any atom is -0.326 e. The highest BCUT2D eigenvalue weighted by atomic mass is 32.2. The van der Waals surface area contributed by atoms with Crippen molar-refractivity contribution in [3.8, 4) is 6.07 Å². The van der Waals surface area contributed by atoms with Crippen LogP contribution in [0.3, 0.4) is 0 Å². The van der Waals surface area contributed by atoms with E-state index < -0.39 is 5.54 Å². The first-order valence-electron chi connectivity index (χ1n) is 12.1. The summed E-state index contributed by atoms with van der Waals surface area (Å²) in [5.41, 5.74) is 0.528. The lowest BCUT2D eigenvalue weighted by atomic mass is 9.81. The van der Waals surface area contributed by atoms with Crippen molar-refractivity contribution < 1.29 is 4.79 Å². The third-order valence-corrected chi connectivity index (χ3v) is 7.97. The standard InChI is InChI=1S/C25H34N6OS/c1-29(25(20-26)13-7-3-8-14-25)23(32)19-33-24-28-27-22(18-30-15-9-4-10-16-30)31(24)17-21-11-5-2-6-12-21/h2,5-6,11-12H,3-4,7-10,13-19H2,1H3. The number of carbonyl (C=O) groups excluding carboxylic acids is 1. The SMILES string of the molecule is CN(C(=O)CSc1nnc(CN2CCCCC2)n1Cc1ccccc1)C1(C#N)CCCCC1. The van der Waals surface area contributed by atoms with Crippen LogP contribution in [0, 0.1) is 11.3 Å². The summed E-state index contributed by atoms with van der Waals surface area (Å²) >= 11 is 1.43. The Morgan fingerprint density at radius 1 is 1.06 bits per heavy atom. The molecule has 2 fully saturated rings. The molecule has 2 aliphatic rings. The van der Waals surface area contributed by atoms with Gasteiger partial charge in [-0.1, -0.05) is 67.8 Å². The van der Waals surface area contributed by atoms with E-state index in [1.165, 1.54) is 36.6 Å². The van der Waals surface area contributed by atoms with Crippen LogP contribution in [-0.2, 0) is 17.9 Å². The highest BCUT2D eigenvalue weighted by Gasteiger charge is 2.38. The van der Waals surface area contributed by atoms with Gasteiger partial charge in [-0.15, -0.1) is 10.2 Å². The molecule has 0 atom stereocenters. The molecule has 4 rings (SSSR count). The van der Waals surface area contributed by atoms with Crippen LogP contribution in [0.5, 0.6) is 0 Å². The van der Waals surface area contributed by atoms with E-state index in [-0.39, 0.29) is 11.7 Å². The fraction of sp³-hybridized carbons (Fsp3) is 0.600. The Hall–Kier alpha value is -2.37. The van der Waals surface area contributed by atoms with Crippen LogP contribution in [0.1, 0.15) is 62.8 Å². The van der Waals surface area contributed by atoms with Crippen LogP contribution in [0.4, 0.5) is 0 Å². The predicted octanol–water partition coefficient (Wildman–Crippen LogP) is 4.09. The highest BCUT2D eigenvalue weighted by Crippen LogP contribution is 2.33. The van der Waals surface area contributed by atoms with Gasteiger partial charge in [-0.3, -0.25) is 9.69 Å². The molecule has 1 aromatic carbocycles. The van der Waals surface area contributed by atoms with Gasteiger partial charge in [-0.05, 0) is 44.3 Å². The van der Waals surface area contributed by atoms with Gasteiger partial charge in [0.1, 0.15) is 11.4 Å². The number of thioether (sulfide) groups is 1. The van der Waals surface area contributed by atoms with Gasteiger partial charge in [0.15, 0.2) is 5.16 Å². The quantitative estimate of drug-likeness (QED) is 0.545. The van der Waals surface area contributed by atoms with Crippen LogP contribution in [0.25, 0.3) is 0 Å². The second kappa shape index (κ2) is 11.2. The predicted molar refractivity (Wildman–Crippen MR) is 130 cm³/mol. The highest BCUT2D eigenvalue weighted by molar-refractivity contribution is 7.99. The molecule has 1 aromatic heterocycles. The Balaban J connectivity index is 1.48. The van der Waals surface area contributed by atoms with Crippen molar-refractivity contribution >= 4 is 17.7 Å². The molecule has 1 aliphatic carbocycles. The lowest BCUT2D eigenvalue weighted by molar-refractivity contribution is -0.131. The maximum Gasteiger partial charge on any atom is 0.234 e. The third-order valence-electron chi connectivity index (χ3n) is 7.02. The van der Waals surface area contributed by atoms with E-state index in [0.29, 0.717) is 6.54 Å². The van der Waals surface area contributed by atoms with E-state index in [9.17, 15) is 10.1 Å². The van der Waals surface area contributed by atoms with E-state index in [1.807, 2.05) is 18.2 Å². The molecule has 0 unspecified atom stereocenters. The van der Waals surface area contributed by atoms with Gasteiger partial charge in [0.2, 0.25) is 5.91 Å². The third kappa shape index (κ3) is 5.77. The molecule has 1 saturated carbocycles. The van der Waals surface area contributed by atoms with E-state index in [1.54, 1.807) is 11.9 Å². The van der Waals surface area contributed by atoms with Crippen molar-refractivity contribution in [3.05, 3.63) is 41.7 Å². The first kappa shape index (κ1) is 23.8. The van der Waals surface area contributed by atoms with Crippen molar-refractivity contribution in [1.29, 1.82) is 5.26 Å². The molecule has 2 aromatic rings. The summed E-state index contributed by atoms with van der Waals surface area (Å²) in [6.07, 6.45) is 8.44. The molecule has 0 N–H and O–H groups in total. The van der Waals surface area contributed by atoms with Crippen LogP contribution in [0.2, 0.25) is 0 Å². The molecule has 1 amide bonds. The van der Waals surface area contributed by atoms with Crippen LogP contribution < -0.4 is 0 Å². The van der Waals surface area contributed by atoms with Crippen molar-refractivity contribution in [2.45, 2.75) is 75.2 Å². The number of carbonyl (C=O) groups is 1. The second-order valence-electron chi connectivity index (χ2n) is 9.25. The number of piperidine rings is 1. The first-order chi connectivity index (χ1) is 16.1. The van der Waals surface area contributed by atoms with Gasteiger partial charge in [-0.25, -0.2) is 0 Å². The summed E-state index contributed by atoms with van der Waals surface area (Å²) in [6, 6.07) is 12.8. The smallest absolute Gasteiger partial charge is 0.234 e. The molecular formula is C25H34N6OS. The Morgan fingerprint density at radius 2 is 1.76 bits per heavy atom. The van der Waals surface area contributed by atoms with E-state index in [2.05, 4.69) is 37.9 Å². The summed E-state index contributed by atoms with van der Waals surface area (Å²) in [5, 5.41) is 19.6. The maximum absolute atomic E-state index is 13.1. The number of amides is 1. The number of nitrogens with zero attached hydrogens (tertiary/aromatic N) is 6. The average Bonchev–Trinajstić information content (AvgIpc) is 3.24. The second-order valence-corrected chi connectivity index (χ2v) is 10.2. The molecular weight excluding hydrogens is 432 g/mol. The fourth-order valence-corrected chi connectivity index (χ4v) is 5.78. The van der Waals surface area contributed by atoms with E-state index in [0.717, 1.165) is 62.7 Å². The summed E-state index contributed by atoms with van der Waals surface area (Å²) in [7, 11) is 1.79. The van der Waals surface area contributed by atoms with Gasteiger partial charge in [0.05, 0.1) is 24.9 Å². The minimum atomic E-state index is -0.660. The zero-order valence-corrected chi connectivity index (χ0v) is 20.4. The number of aromatic nitrogens is 3. The number of benzene rings is 1. The number of hydrogen-bond donors (Lipinski definition) is 0. The zero-order valence-electron chi connectivity index (χ0n) is 19.6. The van der Waals surface area contributed by atoms with Gasteiger partial charge in [-0.2, -0.15) is 5.26 Å². The largest absolute Gasteiger partial charge is 0.326 e. The molecule has 0 bridgehead atoms. The molecule has 33 heavy (non-hydrogen) atoms. The van der Waals surface area contributed by atoms with Crippen molar-refractivity contribution in [1.82, 2.24) is 24.6 Å². The summed E-state index contributed by atoms with van der Waals surface area (Å²) in [6.45, 7) is 3.66. The molecule has 8 heteroatoms. The molecule has 176 valence electrons. The number of nitriles is 1. The Labute approximate surface area is 201 Å². The fourth-order valence-electron chi connectivity index (χ4n) is 4.91. The monoisotopic (exact) mass is 466 g/mol. The molecule has 2 heterocycles. The first-order valence-corrected chi connectivity index (χ1v) is 13.1. The van der Waals surface area contributed by atoms with E-state index >= 15 is 0 Å². The number of likely N-dealkylation sites (tertiary alicyclic amines) is 1. The lowest BCUT2D eigenvalue weighted by Gasteiger charge is -2.39. The van der Waals surface area contributed by atoms with E-state index in [4.69, 9.17) is 0 Å². The molecule has 1 aliphatic heterocycles. The molecule has 7 nitrogen and oxygen atoms in total. The van der Waals surface area contributed by atoms with Crippen LogP contribution >= 0.6 is 11.8 Å². The Bertz CT molecular complexity index is 957. The summed E-state index contributed by atoms with van der Waals surface area (Å²) in [4.78, 5) is 17.2. The van der Waals surface area contributed by atoms with Crippen LogP contribution in [-0.4, -0.2) is 61.9 Å². The van der Waals surface area contributed by atoms with Crippen molar-refractivity contribution in [2.24, 2.45) is 0 Å². The Morgan fingerprint density at radius 3 is 2.45 bits per heavy atom. The molecule has 0 radical (unpaired) electrons. The Kier molecular flexibility index (Phi) is 8.05. The average molecular weight is 467 g/mol. The van der Waals surface area contributed by atoms with Gasteiger partial charge < -0.3 is 9.47 Å². The number of rotatable bonds is 8. The lowest BCUT2D eigenvalue weighted by Crippen LogP contribution is -2.50.